The van der Waals surface area contributed by atoms with Crippen molar-refractivity contribution in [1.82, 2.24) is 24.6 Å². The summed E-state index contributed by atoms with van der Waals surface area (Å²) in [5.74, 6) is 2.99. The Morgan fingerprint density at radius 2 is 1.71 bits per heavy atom. The molecule has 1 aliphatic heterocycles. The molecule has 1 saturated heterocycles. The van der Waals surface area contributed by atoms with E-state index < -0.39 is 0 Å². The van der Waals surface area contributed by atoms with Gasteiger partial charge in [-0.1, -0.05) is 38.5 Å². The van der Waals surface area contributed by atoms with Gasteiger partial charge in [0, 0.05) is 49.7 Å². The molecular formula is C33H50N6O2. The Balaban J connectivity index is 1.40. The van der Waals surface area contributed by atoms with E-state index in [2.05, 4.69) is 48.5 Å². The molecule has 2 atom stereocenters. The van der Waals surface area contributed by atoms with Gasteiger partial charge in [-0.05, 0) is 82.8 Å². The molecule has 1 N–H and O–H groups in total. The summed E-state index contributed by atoms with van der Waals surface area (Å²) in [5.41, 5.74) is 3.42. The summed E-state index contributed by atoms with van der Waals surface area (Å²) in [6.45, 7) is 18.0. The predicted molar refractivity (Wildman–Crippen MR) is 163 cm³/mol. The van der Waals surface area contributed by atoms with Crippen LogP contribution < -0.4 is 5.32 Å². The maximum absolute atomic E-state index is 13.9. The van der Waals surface area contributed by atoms with Crippen LogP contribution in [-0.4, -0.2) is 69.1 Å². The summed E-state index contributed by atoms with van der Waals surface area (Å²) < 4.78 is 2.41. The number of likely N-dealkylation sites (N-methyl/N-ethyl adjacent to an activating group) is 1. The molecule has 0 bridgehead atoms. The predicted octanol–water partition coefficient (Wildman–Crippen LogP) is 5.68. The van der Waals surface area contributed by atoms with E-state index in [1.807, 2.05) is 37.8 Å². The third-order valence-corrected chi connectivity index (χ3v) is 9.34. The average molecular weight is 563 g/mol. The molecule has 8 heteroatoms. The van der Waals surface area contributed by atoms with Crippen LogP contribution in [0.15, 0.2) is 18.2 Å². The summed E-state index contributed by atoms with van der Waals surface area (Å²) in [5, 5.41) is 12.9. The van der Waals surface area contributed by atoms with Crippen molar-refractivity contribution in [2.75, 3.05) is 38.0 Å². The average Bonchev–Trinajstić information content (AvgIpc) is 3.49. The molecule has 2 aromatic rings. The number of amides is 2. The molecule has 1 aromatic heterocycles. The second-order valence-corrected chi connectivity index (χ2v) is 14.1. The van der Waals surface area contributed by atoms with Crippen LogP contribution in [0.2, 0.25) is 0 Å². The Bertz CT molecular complexity index is 1250. The largest absolute Gasteiger partial charge is 0.342 e. The number of nitrogens with one attached hydrogen (secondary N) is 1. The van der Waals surface area contributed by atoms with Crippen molar-refractivity contribution in [2.45, 2.75) is 98.4 Å². The van der Waals surface area contributed by atoms with Crippen LogP contribution >= 0.6 is 0 Å². The van der Waals surface area contributed by atoms with Gasteiger partial charge in [0.25, 0.3) is 0 Å². The summed E-state index contributed by atoms with van der Waals surface area (Å²) in [4.78, 5) is 31.0. The summed E-state index contributed by atoms with van der Waals surface area (Å²) in [6, 6.07) is 6.55. The molecule has 2 amide bonds. The summed E-state index contributed by atoms with van der Waals surface area (Å²) in [6.07, 6.45) is 5.88. The van der Waals surface area contributed by atoms with Crippen LogP contribution in [0.4, 0.5) is 5.69 Å². The van der Waals surface area contributed by atoms with Gasteiger partial charge in [-0.25, -0.2) is 0 Å². The van der Waals surface area contributed by atoms with Gasteiger partial charge in [0.2, 0.25) is 11.8 Å². The van der Waals surface area contributed by atoms with Crippen LogP contribution in [0.5, 0.6) is 0 Å². The normalized spacial score (nSPS) is 24.8. The molecule has 1 aromatic carbocycles. The van der Waals surface area contributed by atoms with E-state index in [0.717, 1.165) is 41.7 Å². The first-order chi connectivity index (χ1) is 19.5. The number of likely N-dealkylation sites (tertiary alicyclic amines) is 1. The lowest BCUT2D eigenvalue weighted by Gasteiger charge is -2.38. The fourth-order valence-corrected chi connectivity index (χ4v) is 7.12. The highest BCUT2D eigenvalue weighted by molar-refractivity contribution is 5.94. The van der Waals surface area contributed by atoms with Gasteiger partial charge in [0.1, 0.15) is 11.6 Å². The van der Waals surface area contributed by atoms with E-state index in [4.69, 9.17) is 10.2 Å². The maximum Gasteiger partial charge on any atom is 0.236 e. The Morgan fingerprint density at radius 3 is 2.32 bits per heavy atom. The van der Waals surface area contributed by atoms with Gasteiger partial charge >= 0.3 is 0 Å². The van der Waals surface area contributed by atoms with Crippen LogP contribution in [0, 0.1) is 31.1 Å². The van der Waals surface area contributed by atoms with Crippen molar-refractivity contribution in [2.24, 2.45) is 17.3 Å². The lowest BCUT2D eigenvalue weighted by Crippen LogP contribution is -2.39. The van der Waals surface area contributed by atoms with Crippen LogP contribution in [0.25, 0.3) is 0 Å². The molecule has 2 heterocycles. The smallest absolute Gasteiger partial charge is 0.236 e. The van der Waals surface area contributed by atoms with Crippen LogP contribution in [0.3, 0.4) is 0 Å². The van der Waals surface area contributed by atoms with Crippen molar-refractivity contribution < 1.29 is 9.59 Å². The topological polar surface area (TPSA) is 83.4 Å². The van der Waals surface area contributed by atoms with Crippen molar-refractivity contribution in [3.8, 4) is 0 Å². The highest BCUT2D eigenvalue weighted by Gasteiger charge is 2.46. The van der Waals surface area contributed by atoms with Gasteiger partial charge in [0.05, 0.1) is 12.5 Å². The van der Waals surface area contributed by atoms with Gasteiger partial charge in [0.15, 0.2) is 0 Å². The van der Waals surface area contributed by atoms with Gasteiger partial charge in [-0.3, -0.25) is 14.5 Å². The number of rotatable bonds is 10. The molecule has 3 aliphatic rings. The number of benzene rings is 1. The van der Waals surface area contributed by atoms with E-state index in [0.29, 0.717) is 50.1 Å². The molecule has 2 aliphatic carbocycles. The van der Waals surface area contributed by atoms with E-state index in [1.165, 1.54) is 24.8 Å². The fraction of sp³-hybridized carbons (Fsp3) is 0.697. The molecule has 41 heavy (non-hydrogen) atoms. The Labute approximate surface area is 246 Å². The lowest BCUT2D eigenvalue weighted by molar-refractivity contribution is -0.132. The number of carbonyl (C=O) groups is 2. The van der Waals surface area contributed by atoms with E-state index >= 15 is 0 Å². The van der Waals surface area contributed by atoms with E-state index in [-0.39, 0.29) is 23.7 Å². The van der Waals surface area contributed by atoms with Gasteiger partial charge in [-0.15, -0.1) is 10.2 Å². The third-order valence-electron chi connectivity index (χ3n) is 9.34. The fourth-order valence-electron chi connectivity index (χ4n) is 7.12. The van der Waals surface area contributed by atoms with Crippen molar-refractivity contribution in [3.63, 3.8) is 0 Å². The standard InChI is InChI=1S/C33H50N6O2/c1-8-38(9-2)29(40)20-37-18-26(27(19-37)32(41)34-28-13-10-21(3)14-22(28)4)31-36-35-30(39(31)25-11-12-25)24-15-23(16-24)17-33(5,6)7/h10,13-14,23-27H,8-9,11-12,15-20H2,1-7H3,(H,34,41)/t23?,24?,26-,27-/m0/s1. The number of aromatic nitrogens is 3. The van der Waals surface area contributed by atoms with Gasteiger partial charge < -0.3 is 14.8 Å². The van der Waals surface area contributed by atoms with Crippen molar-refractivity contribution >= 4 is 17.5 Å². The number of aryl methyl sites for hydroxylation is 2. The molecule has 0 radical (unpaired) electrons. The molecule has 0 spiro atoms. The maximum atomic E-state index is 13.9. The minimum absolute atomic E-state index is 0.000485. The Hall–Kier alpha value is -2.74. The van der Waals surface area contributed by atoms with E-state index in [1.54, 1.807) is 0 Å². The number of carbonyl (C=O) groups excluding carboxylic acids is 2. The number of hydrogen-bond donors (Lipinski definition) is 1. The first kappa shape index (κ1) is 29.7. The quantitative estimate of drug-likeness (QED) is 0.403. The van der Waals surface area contributed by atoms with Crippen LogP contribution in [0.1, 0.15) is 107 Å². The Kier molecular flexibility index (Phi) is 8.61. The zero-order valence-electron chi connectivity index (χ0n) is 26.2. The first-order valence-corrected chi connectivity index (χ1v) is 15.8. The van der Waals surface area contributed by atoms with Crippen molar-refractivity contribution in [3.05, 3.63) is 41.0 Å². The molecule has 5 rings (SSSR count). The minimum atomic E-state index is -0.301. The molecule has 224 valence electrons. The highest BCUT2D eigenvalue weighted by Crippen LogP contribution is 2.49. The van der Waals surface area contributed by atoms with Gasteiger partial charge in [-0.2, -0.15) is 0 Å². The SMILES string of the molecule is CCN(CC)C(=O)CN1C[C@H](C(=O)Nc2ccc(C)cc2C)[C@@H](c2nnc(C3CC(CC(C)(C)C)C3)n2C2CC2)C1. The zero-order valence-corrected chi connectivity index (χ0v) is 26.2. The Morgan fingerprint density at radius 1 is 1.02 bits per heavy atom. The second kappa shape index (κ2) is 11.9. The summed E-state index contributed by atoms with van der Waals surface area (Å²) >= 11 is 0. The molecule has 3 fully saturated rings. The number of nitrogens with zero attached hydrogens (tertiary/aromatic N) is 5. The minimum Gasteiger partial charge on any atom is -0.342 e. The molecule has 2 saturated carbocycles. The molecular weight excluding hydrogens is 512 g/mol. The van der Waals surface area contributed by atoms with Crippen LogP contribution in [-0.2, 0) is 9.59 Å². The zero-order chi connectivity index (χ0) is 29.5. The third kappa shape index (κ3) is 6.68. The first-order valence-electron chi connectivity index (χ1n) is 15.8. The van der Waals surface area contributed by atoms with Crippen molar-refractivity contribution in [1.29, 1.82) is 0 Å². The summed E-state index contributed by atoms with van der Waals surface area (Å²) in [7, 11) is 0. The monoisotopic (exact) mass is 562 g/mol. The van der Waals surface area contributed by atoms with E-state index in [9.17, 15) is 9.59 Å². The number of anilines is 1. The number of hydrogen-bond acceptors (Lipinski definition) is 5. The highest BCUT2D eigenvalue weighted by atomic mass is 16.2. The molecule has 0 unspecified atom stereocenters. The second-order valence-electron chi connectivity index (χ2n) is 14.1. The molecule has 8 nitrogen and oxygen atoms in total. The lowest BCUT2D eigenvalue weighted by atomic mass is 9.68.